The number of hydrogen-bond donors (Lipinski definition) is 4. The predicted molar refractivity (Wildman–Crippen MR) is 100 cm³/mol. The van der Waals surface area contributed by atoms with Gasteiger partial charge in [-0.25, -0.2) is 9.78 Å². The van der Waals surface area contributed by atoms with Crippen LogP contribution >= 0.6 is 15.9 Å². The van der Waals surface area contributed by atoms with Crippen molar-refractivity contribution in [2.24, 2.45) is 0 Å². The highest BCUT2D eigenvalue weighted by atomic mass is 79.9. The number of nitrogens with zero attached hydrogens (tertiary/aromatic N) is 1. The third kappa shape index (κ3) is 4.59. The van der Waals surface area contributed by atoms with Crippen molar-refractivity contribution in [3.8, 4) is 11.3 Å². The fraction of sp³-hybridized carbons (Fsp3) is 0.0588. The molecule has 2 aromatic carbocycles. The minimum absolute atomic E-state index is 0.161. The highest BCUT2D eigenvalue weighted by Gasteiger charge is 2.32. The SMILES string of the molecule is Nc1ncc(-c2cccc(NC(=O)Nc3ccc(C(F)(F)F)c(Br)c3)c2)[nH]1. The van der Waals surface area contributed by atoms with Gasteiger partial charge in [-0.15, -0.1) is 0 Å². The molecule has 3 rings (SSSR count). The first-order chi connectivity index (χ1) is 12.7. The lowest BCUT2D eigenvalue weighted by Gasteiger charge is -2.12. The molecule has 2 amide bonds. The molecule has 0 bridgehead atoms. The number of nitrogens with one attached hydrogen (secondary N) is 3. The monoisotopic (exact) mass is 439 g/mol. The van der Waals surface area contributed by atoms with E-state index in [9.17, 15) is 18.0 Å². The number of carbonyl (C=O) groups excluding carboxylic acids is 1. The molecule has 0 spiro atoms. The summed E-state index contributed by atoms with van der Waals surface area (Å²) >= 11 is 2.87. The van der Waals surface area contributed by atoms with E-state index in [0.717, 1.165) is 11.6 Å². The van der Waals surface area contributed by atoms with Crippen molar-refractivity contribution in [2.75, 3.05) is 16.4 Å². The van der Waals surface area contributed by atoms with Gasteiger partial charge in [0.05, 0.1) is 17.5 Å². The molecule has 6 nitrogen and oxygen atoms in total. The number of nitrogen functional groups attached to an aromatic ring is 1. The Labute approximate surface area is 160 Å². The second-order valence-electron chi connectivity index (χ2n) is 5.53. The molecule has 1 heterocycles. The molecule has 5 N–H and O–H groups in total. The number of H-pyrrole nitrogens is 1. The van der Waals surface area contributed by atoms with E-state index in [4.69, 9.17) is 5.73 Å². The van der Waals surface area contributed by atoms with Gasteiger partial charge in [0.25, 0.3) is 0 Å². The van der Waals surface area contributed by atoms with Gasteiger partial charge in [-0.1, -0.05) is 28.1 Å². The third-order valence-corrected chi connectivity index (χ3v) is 4.22. The fourth-order valence-corrected chi connectivity index (χ4v) is 2.97. The van der Waals surface area contributed by atoms with Crippen LogP contribution in [0.4, 0.5) is 35.3 Å². The normalized spacial score (nSPS) is 11.3. The molecule has 140 valence electrons. The first-order valence-corrected chi connectivity index (χ1v) is 8.37. The van der Waals surface area contributed by atoms with E-state index in [2.05, 4.69) is 36.5 Å². The Hall–Kier alpha value is -3.01. The number of amides is 2. The Bertz CT molecular complexity index is 987. The fourth-order valence-electron chi connectivity index (χ4n) is 2.36. The summed E-state index contributed by atoms with van der Waals surface area (Å²) in [6.45, 7) is 0. The van der Waals surface area contributed by atoms with Gasteiger partial charge in [0.2, 0.25) is 0 Å². The number of rotatable bonds is 3. The van der Waals surface area contributed by atoms with Gasteiger partial charge < -0.3 is 21.4 Å². The zero-order valence-corrected chi connectivity index (χ0v) is 15.1. The molecule has 0 aliphatic heterocycles. The largest absolute Gasteiger partial charge is 0.417 e. The molecule has 0 unspecified atom stereocenters. The molecule has 27 heavy (non-hydrogen) atoms. The van der Waals surface area contributed by atoms with Crippen molar-refractivity contribution in [3.63, 3.8) is 0 Å². The van der Waals surface area contributed by atoms with Crippen molar-refractivity contribution in [2.45, 2.75) is 6.18 Å². The van der Waals surface area contributed by atoms with Crippen LogP contribution in [0.2, 0.25) is 0 Å². The Balaban J connectivity index is 1.70. The maximum Gasteiger partial charge on any atom is 0.417 e. The minimum atomic E-state index is -4.48. The molecule has 3 aromatic rings. The van der Waals surface area contributed by atoms with Crippen LogP contribution in [-0.4, -0.2) is 16.0 Å². The number of urea groups is 1. The number of imidazole rings is 1. The summed E-state index contributed by atoms with van der Waals surface area (Å²) in [4.78, 5) is 18.9. The number of aromatic amines is 1. The number of nitrogens with two attached hydrogens (primary N) is 1. The molecule has 0 atom stereocenters. The van der Waals surface area contributed by atoms with Crippen LogP contribution in [0.15, 0.2) is 53.1 Å². The summed E-state index contributed by atoms with van der Waals surface area (Å²) in [5, 5.41) is 5.10. The smallest absolute Gasteiger partial charge is 0.369 e. The molecule has 0 radical (unpaired) electrons. The zero-order valence-electron chi connectivity index (χ0n) is 13.6. The average molecular weight is 440 g/mol. The van der Waals surface area contributed by atoms with E-state index in [1.165, 1.54) is 12.1 Å². The molecule has 0 aliphatic carbocycles. The third-order valence-electron chi connectivity index (χ3n) is 3.56. The van der Waals surface area contributed by atoms with Crippen molar-refractivity contribution in [1.82, 2.24) is 9.97 Å². The average Bonchev–Trinajstić information content (AvgIpc) is 3.00. The van der Waals surface area contributed by atoms with E-state index in [1.54, 1.807) is 24.4 Å². The molecular formula is C17H13BrF3N5O. The topological polar surface area (TPSA) is 95.8 Å². The minimum Gasteiger partial charge on any atom is -0.369 e. The molecule has 10 heteroatoms. The summed E-state index contributed by atoms with van der Waals surface area (Å²) in [5.74, 6) is 0.272. The van der Waals surface area contributed by atoms with Crippen LogP contribution in [0, 0.1) is 0 Å². The molecule has 0 saturated carbocycles. The van der Waals surface area contributed by atoms with Crippen molar-refractivity contribution in [3.05, 3.63) is 58.7 Å². The Morgan fingerprint density at radius 1 is 1.11 bits per heavy atom. The first-order valence-electron chi connectivity index (χ1n) is 7.58. The molecule has 1 aromatic heterocycles. The zero-order chi connectivity index (χ0) is 19.6. The summed E-state index contributed by atoms with van der Waals surface area (Å²) in [7, 11) is 0. The maximum atomic E-state index is 12.8. The van der Waals surface area contributed by atoms with Crippen LogP contribution in [-0.2, 0) is 6.18 Å². The van der Waals surface area contributed by atoms with Gasteiger partial charge in [0.1, 0.15) is 0 Å². The van der Waals surface area contributed by atoms with E-state index >= 15 is 0 Å². The van der Waals surface area contributed by atoms with Crippen molar-refractivity contribution in [1.29, 1.82) is 0 Å². The summed E-state index contributed by atoms with van der Waals surface area (Å²) < 4.78 is 38.1. The van der Waals surface area contributed by atoms with Crippen molar-refractivity contribution < 1.29 is 18.0 Å². The number of halogens is 4. The van der Waals surface area contributed by atoms with Gasteiger partial charge in [-0.05, 0) is 30.3 Å². The van der Waals surface area contributed by atoms with Crippen LogP contribution in [0.5, 0.6) is 0 Å². The van der Waals surface area contributed by atoms with Crippen LogP contribution < -0.4 is 16.4 Å². The number of benzene rings is 2. The van der Waals surface area contributed by atoms with Gasteiger partial charge >= 0.3 is 12.2 Å². The van der Waals surface area contributed by atoms with Crippen molar-refractivity contribution >= 4 is 39.3 Å². The van der Waals surface area contributed by atoms with Crippen LogP contribution in [0.25, 0.3) is 11.3 Å². The molecular weight excluding hydrogens is 427 g/mol. The number of carbonyl (C=O) groups is 1. The molecule has 0 saturated heterocycles. The highest BCUT2D eigenvalue weighted by molar-refractivity contribution is 9.10. The maximum absolute atomic E-state index is 12.8. The van der Waals surface area contributed by atoms with Crippen LogP contribution in [0.3, 0.4) is 0 Å². The second kappa shape index (κ2) is 7.31. The number of hydrogen-bond acceptors (Lipinski definition) is 3. The number of alkyl halides is 3. The van der Waals surface area contributed by atoms with E-state index < -0.39 is 17.8 Å². The number of anilines is 3. The molecule has 0 fully saturated rings. The van der Waals surface area contributed by atoms with E-state index in [1.807, 2.05) is 6.07 Å². The van der Waals surface area contributed by atoms with Crippen LogP contribution in [0.1, 0.15) is 5.56 Å². The first kappa shape index (κ1) is 18.8. The summed E-state index contributed by atoms with van der Waals surface area (Å²) in [6.07, 6.45) is -2.91. The predicted octanol–water partition coefficient (Wildman–Crippen LogP) is 5.08. The standard InChI is InChI=1S/C17H13BrF3N5O/c18-13-7-11(4-5-12(13)17(19,20)21)25-16(27)24-10-3-1-2-9(6-10)14-8-23-15(22)26-14/h1-8H,(H3,22,23,26)(H2,24,25,27). The van der Waals surface area contributed by atoms with Gasteiger partial charge in [0.15, 0.2) is 5.95 Å². The van der Waals surface area contributed by atoms with E-state index in [-0.39, 0.29) is 16.1 Å². The lowest BCUT2D eigenvalue weighted by Crippen LogP contribution is -2.19. The van der Waals surface area contributed by atoms with Gasteiger partial charge in [-0.2, -0.15) is 13.2 Å². The Kier molecular flexibility index (Phi) is 5.08. The number of aromatic nitrogens is 2. The van der Waals surface area contributed by atoms with E-state index in [0.29, 0.717) is 11.4 Å². The quantitative estimate of drug-likeness (QED) is 0.457. The van der Waals surface area contributed by atoms with Gasteiger partial charge in [0, 0.05) is 21.4 Å². The Morgan fingerprint density at radius 3 is 2.41 bits per heavy atom. The summed E-state index contributed by atoms with van der Waals surface area (Å²) in [6, 6.07) is 9.58. The second-order valence-corrected chi connectivity index (χ2v) is 6.39. The molecule has 0 aliphatic rings. The lowest BCUT2D eigenvalue weighted by atomic mass is 10.1. The highest BCUT2D eigenvalue weighted by Crippen LogP contribution is 2.36. The lowest BCUT2D eigenvalue weighted by molar-refractivity contribution is -0.138. The summed E-state index contributed by atoms with van der Waals surface area (Å²) in [5.41, 5.74) is 6.88. The Morgan fingerprint density at radius 2 is 1.81 bits per heavy atom. The van der Waals surface area contributed by atoms with Gasteiger partial charge in [-0.3, -0.25) is 0 Å².